The Hall–Kier alpha value is -3.68. The average Bonchev–Trinajstić information content (AvgIpc) is 2.76. The number of hydrogen-bond acceptors (Lipinski definition) is 7. The van der Waals surface area contributed by atoms with Crippen LogP contribution in [0.5, 0.6) is 23.0 Å². The number of carbonyl (C=O) groups excluding carboxylic acids is 2. The molecule has 0 aliphatic heterocycles. The Balaban J connectivity index is 1.74. The Morgan fingerprint density at radius 3 is 2.40 bits per heavy atom. The number of rotatable bonds is 10. The van der Waals surface area contributed by atoms with Gasteiger partial charge in [-0.1, -0.05) is 12.1 Å². The van der Waals surface area contributed by atoms with Crippen molar-refractivity contribution in [2.24, 2.45) is 0 Å². The normalized spacial score (nSPS) is 10.5. The molecule has 8 nitrogen and oxygen atoms in total. The Kier molecular flexibility index (Phi) is 8.56. The second kappa shape index (κ2) is 11.4. The van der Waals surface area contributed by atoms with Gasteiger partial charge >= 0.3 is 5.97 Å². The molecule has 2 N–H and O–H groups in total. The lowest BCUT2D eigenvalue weighted by atomic mass is 10.1. The lowest BCUT2D eigenvalue weighted by Crippen LogP contribution is -2.30. The van der Waals surface area contributed by atoms with E-state index in [1.807, 2.05) is 12.1 Å². The molecule has 2 aromatic carbocycles. The van der Waals surface area contributed by atoms with E-state index in [1.54, 1.807) is 32.4 Å². The van der Waals surface area contributed by atoms with Gasteiger partial charge < -0.3 is 29.4 Å². The number of ether oxygens (including phenoxy) is 4. The minimum Gasteiger partial charge on any atom is -0.504 e. The van der Waals surface area contributed by atoms with Crippen molar-refractivity contribution in [2.45, 2.75) is 6.42 Å². The molecule has 0 radical (unpaired) electrons. The monoisotopic (exact) mass is 415 g/mol. The number of phenols is 1. The van der Waals surface area contributed by atoms with Crippen LogP contribution in [0.25, 0.3) is 6.08 Å². The predicted molar refractivity (Wildman–Crippen MR) is 111 cm³/mol. The molecule has 0 spiro atoms. The molecule has 8 heteroatoms. The molecule has 0 bridgehead atoms. The fraction of sp³-hybridized carbons (Fsp3) is 0.273. The number of nitrogens with one attached hydrogen (secondary N) is 1. The second-order valence-corrected chi connectivity index (χ2v) is 6.16. The zero-order valence-electron chi connectivity index (χ0n) is 17.1. The molecule has 2 aromatic rings. The summed E-state index contributed by atoms with van der Waals surface area (Å²) in [5.74, 6) is 0.492. The first-order chi connectivity index (χ1) is 14.5. The van der Waals surface area contributed by atoms with Gasteiger partial charge in [-0.05, 0) is 47.9 Å². The summed E-state index contributed by atoms with van der Waals surface area (Å²) in [7, 11) is 4.56. The molecule has 30 heavy (non-hydrogen) atoms. The van der Waals surface area contributed by atoms with E-state index in [0.29, 0.717) is 35.8 Å². The lowest BCUT2D eigenvalue weighted by molar-refractivity contribution is -0.143. The highest BCUT2D eigenvalue weighted by Crippen LogP contribution is 2.28. The van der Waals surface area contributed by atoms with Crippen LogP contribution in [0.1, 0.15) is 11.1 Å². The summed E-state index contributed by atoms with van der Waals surface area (Å²) < 4.78 is 20.4. The van der Waals surface area contributed by atoms with Crippen LogP contribution in [0.4, 0.5) is 0 Å². The van der Waals surface area contributed by atoms with Gasteiger partial charge in [0.25, 0.3) is 5.91 Å². The Labute approximate surface area is 175 Å². The van der Waals surface area contributed by atoms with E-state index in [4.69, 9.17) is 18.9 Å². The first-order valence-corrected chi connectivity index (χ1v) is 9.16. The zero-order chi connectivity index (χ0) is 21.9. The highest BCUT2D eigenvalue weighted by Gasteiger charge is 2.07. The van der Waals surface area contributed by atoms with Crippen molar-refractivity contribution in [3.05, 3.63) is 53.6 Å². The molecule has 0 heterocycles. The summed E-state index contributed by atoms with van der Waals surface area (Å²) in [6.45, 7) is 0.00299. The van der Waals surface area contributed by atoms with Crippen LogP contribution in [0.15, 0.2) is 42.5 Å². The topological polar surface area (TPSA) is 103 Å². The molecule has 2 rings (SSSR count). The smallest absolute Gasteiger partial charge is 0.331 e. The first kappa shape index (κ1) is 22.6. The number of amides is 1. The maximum Gasteiger partial charge on any atom is 0.331 e. The van der Waals surface area contributed by atoms with Crippen LogP contribution in [0.2, 0.25) is 0 Å². The van der Waals surface area contributed by atoms with Crippen molar-refractivity contribution in [3.8, 4) is 23.0 Å². The minimum atomic E-state index is -0.655. The molecule has 0 fully saturated rings. The molecular weight excluding hydrogens is 390 g/mol. The van der Waals surface area contributed by atoms with E-state index in [9.17, 15) is 14.7 Å². The van der Waals surface area contributed by atoms with Crippen LogP contribution < -0.4 is 19.5 Å². The van der Waals surface area contributed by atoms with E-state index in [2.05, 4.69) is 5.32 Å². The standard InChI is InChI=1S/C22H25NO7/c1-27-18-8-5-16(13-20(18)29-3)10-11-23-21(25)14-30-22(26)9-6-15-4-7-17(24)19(12-15)28-2/h4-9,12-13,24H,10-11,14H2,1-3H3,(H,23,25)/b9-6+. The molecule has 0 atom stereocenters. The number of hydrogen-bond donors (Lipinski definition) is 2. The number of aromatic hydroxyl groups is 1. The van der Waals surface area contributed by atoms with E-state index in [0.717, 1.165) is 5.56 Å². The van der Waals surface area contributed by atoms with Gasteiger partial charge in [-0.25, -0.2) is 4.79 Å². The van der Waals surface area contributed by atoms with Gasteiger partial charge in [0.2, 0.25) is 0 Å². The molecule has 160 valence electrons. The fourth-order valence-electron chi connectivity index (χ4n) is 2.58. The summed E-state index contributed by atoms with van der Waals surface area (Å²) in [6.07, 6.45) is 3.28. The maximum absolute atomic E-state index is 11.9. The Bertz CT molecular complexity index is 908. The van der Waals surface area contributed by atoms with Gasteiger partial charge in [0, 0.05) is 12.6 Å². The zero-order valence-corrected chi connectivity index (χ0v) is 17.1. The predicted octanol–water partition coefficient (Wildman–Crippen LogP) is 2.33. The molecule has 0 saturated heterocycles. The fourth-order valence-corrected chi connectivity index (χ4v) is 2.58. The molecule has 0 aliphatic carbocycles. The minimum absolute atomic E-state index is 0.00183. The van der Waals surface area contributed by atoms with Gasteiger partial charge in [0.1, 0.15) is 0 Å². The number of carbonyl (C=O) groups is 2. The highest BCUT2D eigenvalue weighted by atomic mass is 16.5. The van der Waals surface area contributed by atoms with Gasteiger partial charge in [-0.3, -0.25) is 4.79 Å². The molecule has 0 aliphatic rings. The van der Waals surface area contributed by atoms with Crippen molar-refractivity contribution in [1.29, 1.82) is 0 Å². The van der Waals surface area contributed by atoms with Crippen LogP contribution in [-0.4, -0.2) is 51.5 Å². The Morgan fingerprint density at radius 1 is 0.967 bits per heavy atom. The summed E-state index contributed by atoms with van der Waals surface area (Å²) >= 11 is 0. The van der Waals surface area contributed by atoms with Crippen molar-refractivity contribution in [2.75, 3.05) is 34.5 Å². The Morgan fingerprint density at radius 2 is 1.70 bits per heavy atom. The lowest BCUT2D eigenvalue weighted by Gasteiger charge is -2.10. The van der Waals surface area contributed by atoms with E-state index in [-0.39, 0.29) is 12.4 Å². The van der Waals surface area contributed by atoms with Crippen LogP contribution >= 0.6 is 0 Å². The third-order valence-electron chi connectivity index (χ3n) is 4.14. The van der Waals surface area contributed by atoms with Gasteiger partial charge in [-0.2, -0.15) is 0 Å². The van der Waals surface area contributed by atoms with Crippen molar-refractivity contribution < 1.29 is 33.6 Å². The number of methoxy groups -OCH3 is 3. The number of esters is 1. The second-order valence-electron chi connectivity index (χ2n) is 6.16. The van der Waals surface area contributed by atoms with E-state index < -0.39 is 11.9 Å². The highest BCUT2D eigenvalue weighted by molar-refractivity contribution is 5.89. The summed E-state index contributed by atoms with van der Waals surface area (Å²) in [6, 6.07) is 10.2. The van der Waals surface area contributed by atoms with Crippen LogP contribution in [0.3, 0.4) is 0 Å². The van der Waals surface area contributed by atoms with Crippen LogP contribution in [-0.2, 0) is 20.7 Å². The van der Waals surface area contributed by atoms with Crippen molar-refractivity contribution in [3.63, 3.8) is 0 Å². The van der Waals surface area contributed by atoms with E-state index in [1.165, 1.54) is 25.3 Å². The molecular formula is C22H25NO7. The largest absolute Gasteiger partial charge is 0.504 e. The van der Waals surface area contributed by atoms with Crippen molar-refractivity contribution in [1.82, 2.24) is 5.32 Å². The first-order valence-electron chi connectivity index (χ1n) is 9.16. The quantitative estimate of drug-likeness (QED) is 0.453. The van der Waals surface area contributed by atoms with Gasteiger partial charge in [-0.15, -0.1) is 0 Å². The number of phenolic OH excluding ortho intramolecular Hbond substituents is 1. The molecule has 0 saturated carbocycles. The van der Waals surface area contributed by atoms with Gasteiger partial charge in [0.15, 0.2) is 29.6 Å². The summed E-state index contributed by atoms with van der Waals surface area (Å²) in [4.78, 5) is 23.6. The SMILES string of the molecule is COc1cc(/C=C/C(=O)OCC(=O)NCCc2ccc(OC)c(OC)c2)ccc1O. The summed E-state index contributed by atoms with van der Waals surface area (Å²) in [5.41, 5.74) is 1.61. The average molecular weight is 415 g/mol. The molecule has 0 aromatic heterocycles. The third kappa shape index (κ3) is 6.73. The number of benzene rings is 2. The maximum atomic E-state index is 11.9. The summed E-state index contributed by atoms with van der Waals surface area (Å²) in [5, 5.41) is 12.2. The van der Waals surface area contributed by atoms with E-state index >= 15 is 0 Å². The van der Waals surface area contributed by atoms with Crippen LogP contribution in [0, 0.1) is 0 Å². The van der Waals surface area contributed by atoms with Gasteiger partial charge in [0.05, 0.1) is 21.3 Å². The van der Waals surface area contributed by atoms with Crippen molar-refractivity contribution >= 4 is 18.0 Å². The molecule has 0 unspecified atom stereocenters. The molecule has 1 amide bonds. The third-order valence-corrected chi connectivity index (χ3v) is 4.14.